The van der Waals surface area contributed by atoms with Crippen LogP contribution < -0.4 is 0 Å². The molecule has 10 aromatic rings. The number of para-hydroxylation sites is 1. The van der Waals surface area contributed by atoms with Crippen molar-refractivity contribution in [2.75, 3.05) is 0 Å². The number of furan rings is 1. The van der Waals surface area contributed by atoms with E-state index in [2.05, 4.69) is 0 Å². The Morgan fingerprint density at radius 2 is 0.851 bits per heavy atom. The summed E-state index contributed by atoms with van der Waals surface area (Å²) < 4.78 is 239. The van der Waals surface area contributed by atoms with E-state index in [-0.39, 0.29) is 27.1 Å². The van der Waals surface area contributed by atoms with E-state index in [1.165, 1.54) is 12.1 Å². The molecule has 9 aromatic carbocycles. The molecule has 0 aliphatic heterocycles. The van der Waals surface area contributed by atoms with Crippen LogP contribution in [0.2, 0.25) is 0 Å². The molecule has 1 aromatic heterocycles. The van der Waals surface area contributed by atoms with Gasteiger partial charge in [-0.1, -0.05) is 145 Å². The molecule has 1 nitrogen and oxygen atoms in total. The van der Waals surface area contributed by atoms with Gasteiger partial charge in [-0.2, -0.15) is 0 Å². The third-order valence-corrected chi connectivity index (χ3v) is 7.87. The largest absolute Gasteiger partial charge is 0.456 e. The van der Waals surface area contributed by atoms with E-state index < -0.39 is 228 Å². The lowest BCUT2D eigenvalue weighted by Gasteiger charge is -2.18. The van der Waals surface area contributed by atoms with Crippen molar-refractivity contribution in [2.24, 2.45) is 0 Å². The Balaban J connectivity index is 1.39. The van der Waals surface area contributed by atoms with E-state index in [9.17, 15) is 15.1 Å². The molecule has 0 saturated carbocycles. The van der Waals surface area contributed by atoms with Gasteiger partial charge in [-0.05, 0) is 101 Å². The predicted molar refractivity (Wildman–Crippen MR) is 200 cm³/mol. The van der Waals surface area contributed by atoms with E-state index >= 15 is 0 Å². The highest BCUT2D eigenvalue weighted by atomic mass is 16.3. The molecule has 0 aliphatic carbocycles. The average molecular weight is 623 g/mol. The predicted octanol–water partition coefficient (Wildman–Crippen LogP) is 13.2. The molecule has 0 spiro atoms. The standard InChI is InChI=1S/C46H28O/c1-2-10-35-30(9-1)19-22-33-27-32(23-25-36(33)35)29-17-20-31(21-18-29)45-38-12-3-5-14-40(38)46(41-15-6-4-13-39(41)45)34-24-26-44-42(28-34)37-11-7-8-16-43(37)47-44/h1-28H/i1D,2D,3D,4D,5D,6D,7D,8D,9D,10D,11D,12D,13D,14D,15D,16D,17D,18D,19D,20D,21D,22D,24D,26D,27D,28D. The van der Waals surface area contributed by atoms with Crippen LogP contribution in [0.5, 0.6) is 0 Å². The lowest BCUT2D eigenvalue weighted by atomic mass is 9.85. The zero-order valence-electron chi connectivity index (χ0n) is 49.6. The van der Waals surface area contributed by atoms with Crippen molar-refractivity contribution in [2.45, 2.75) is 0 Å². The van der Waals surface area contributed by atoms with Crippen LogP contribution in [0.25, 0.3) is 98.4 Å². The summed E-state index contributed by atoms with van der Waals surface area (Å²) in [5.41, 5.74) is -4.75. The lowest BCUT2D eigenvalue weighted by Crippen LogP contribution is -1.91. The summed E-state index contributed by atoms with van der Waals surface area (Å²) in [6, 6.07) is -18.7. The van der Waals surface area contributed by atoms with E-state index in [1.54, 1.807) is 0 Å². The number of fused-ring (bicyclic) bond motifs is 8. The zero-order valence-corrected chi connectivity index (χ0v) is 23.6. The molecule has 1 heterocycles. The summed E-state index contributed by atoms with van der Waals surface area (Å²) in [4.78, 5) is 0. The van der Waals surface area contributed by atoms with Gasteiger partial charge in [0.25, 0.3) is 0 Å². The Labute approximate surface area is 308 Å². The third-order valence-electron chi connectivity index (χ3n) is 7.87. The summed E-state index contributed by atoms with van der Waals surface area (Å²) >= 11 is 0. The first-order valence-electron chi connectivity index (χ1n) is 27.1. The highest BCUT2D eigenvalue weighted by Gasteiger charge is 2.18. The molecule has 0 radical (unpaired) electrons. The van der Waals surface area contributed by atoms with Crippen LogP contribution in [0, 0.1) is 0 Å². The fourth-order valence-corrected chi connectivity index (χ4v) is 5.80. The summed E-state index contributed by atoms with van der Waals surface area (Å²) in [6.45, 7) is 0. The van der Waals surface area contributed by atoms with E-state index in [4.69, 9.17) is 25.0 Å². The molecule has 47 heavy (non-hydrogen) atoms. The zero-order chi connectivity index (χ0) is 53.5. The van der Waals surface area contributed by atoms with Gasteiger partial charge in [0.15, 0.2) is 0 Å². The smallest absolute Gasteiger partial charge is 0.135 e. The average Bonchev–Trinajstić information content (AvgIpc) is 3.77. The molecule has 218 valence electrons. The highest BCUT2D eigenvalue weighted by molar-refractivity contribution is 6.22. The molecule has 0 bridgehead atoms. The van der Waals surface area contributed by atoms with Crippen molar-refractivity contribution in [3.63, 3.8) is 0 Å². The fraction of sp³-hybridized carbons (Fsp3) is 0. The van der Waals surface area contributed by atoms with Gasteiger partial charge >= 0.3 is 0 Å². The number of rotatable bonds is 3. The SMILES string of the molecule is [2H]c1c([2H])c(-c2c3c([2H])c([2H])c([2H])c([2H])c3c(-c3c([2H])c([2H])c4oc5c([2H])c([2H])c([2H])c([2H])c5c4c3[2H])c3c([2H])c([2H])c([2H])c([2H])c23)c([2H])c([2H])c1-c1ccc2c(c1[2H])c([2H])c([2H])c1c([2H])c([2H])c([2H])c([2H])c12. The molecule has 0 fully saturated rings. The lowest BCUT2D eigenvalue weighted by molar-refractivity contribution is 0.669. The summed E-state index contributed by atoms with van der Waals surface area (Å²) in [5, 5.41) is -4.42. The Bertz CT molecular complexity index is 4220. The molecule has 0 N–H and O–H groups in total. The van der Waals surface area contributed by atoms with Gasteiger partial charge in [0, 0.05) is 10.8 Å². The van der Waals surface area contributed by atoms with Crippen LogP contribution in [0.1, 0.15) is 35.6 Å². The van der Waals surface area contributed by atoms with Gasteiger partial charge in [0.1, 0.15) is 11.2 Å². The van der Waals surface area contributed by atoms with E-state index in [1.807, 2.05) is 0 Å². The van der Waals surface area contributed by atoms with Crippen molar-refractivity contribution in [1.29, 1.82) is 0 Å². The summed E-state index contributed by atoms with van der Waals surface area (Å²) in [6.07, 6.45) is 0. The second-order valence-electron chi connectivity index (χ2n) is 10.4. The maximum atomic E-state index is 9.63. The second-order valence-corrected chi connectivity index (χ2v) is 10.4. The molecule has 0 unspecified atom stereocenters. The molecule has 0 saturated heterocycles. The minimum atomic E-state index is -0.971. The molecule has 1 heteroatoms. The van der Waals surface area contributed by atoms with Crippen molar-refractivity contribution >= 4 is 65.0 Å². The van der Waals surface area contributed by atoms with Gasteiger partial charge in [0.05, 0.1) is 35.6 Å². The van der Waals surface area contributed by atoms with Crippen molar-refractivity contribution in [3.05, 3.63) is 169 Å². The van der Waals surface area contributed by atoms with Crippen molar-refractivity contribution in [1.82, 2.24) is 0 Å². The Kier molecular flexibility index (Phi) is 2.44. The molecular weight excluding hydrogens is 569 g/mol. The van der Waals surface area contributed by atoms with Crippen LogP contribution in [-0.2, 0) is 0 Å². The Hall–Kier alpha value is -6.18. The number of hydrogen-bond donors (Lipinski definition) is 0. The number of hydrogen-bond acceptors (Lipinski definition) is 1. The molecule has 0 amide bonds. The minimum absolute atomic E-state index is 0.0568. The molecular formula is C46H28O. The van der Waals surface area contributed by atoms with Gasteiger partial charge in [-0.15, -0.1) is 0 Å². The Morgan fingerprint density at radius 1 is 0.319 bits per heavy atom. The molecule has 0 atom stereocenters. The van der Waals surface area contributed by atoms with Gasteiger partial charge < -0.3 is 4.42 Å². The van der Waals surface area contributed by atoms with Crippen molar-refractivity contribution < 1.29 is 40.1 Å². The second kappa shape index (κ2) is 10.2. The van der Waals surface area contributed by atoms with Crippen LogP contribution >= 0.6 is 0 Å². The van der Waals surface area contributed by atoms with Gasteiger partial charge in [-0.3, -0.25) is 0 Å². The maximum Gasteiger partial charge on any atom is 0.135 e. The third kappa shape index (κ3) is 4.03. The van der Waals surface area contributed by atoms with E-state index in [0.29, 0.717) is 0 Å². The summed E-state index contributed by atoms with van der Waals surface area (Å²) in [7, 11) is 0. The van der Waals surface area contributed by atoms with Crippen LogP contribution in [-0.4, -0.2) is 0 Å². The quantitative estimate of drug-likeness (QED) is 0.141. The van der Waals surface area contributed by atoms with Crippen molar-refractivity contribution in [3.8, 4) is 33.4 Å². The minimum Gasteiger partial charge on any atom is -0.456 e. The van der Waals surface area contributed by atoms with Crippen LogP contribution in [0.4, 0.5) is 0 Å². The number of benzene rings is 9. The molecule has 10 rings (SSSR count). The topological polar surface area (TPSA) is 13.1 Å². The first-order valence-corrected chi connectivity index (χ1v) is 14.1. The fourth-order valence-electron chi connectivity index (χ4n) is 5.80. The first-order chi connectivity index (χ1) is 34.1. The normalized spacial score (nSPS) is 19.6. The monoisotopic (exact) mass is 622 g/mol. The maximum absolute atomic E-state index is 9.63. The Morgan fingerprint density at radius 3 is 1.57 bits per heavy atom. The molecule has 0 aliphatic rings. The van der Waals surface area contributed by atoms with Crippen LogP contribution in [0.15, 0.2) is 174 Å². The first kappa shape index (κ1) is 11.3. The van der Waals surface area contributed by atoms with E-state index in [0.717, 1.165) is 0 Å². The summed E-state index contributed by atoms with van der Waals surface area (Å²) in [5.74, 6) is 0. The highest BCUT2D eigenvalue weighted by Crippen LogP contribution is 2.45. The van der Waals surface area contributed by atoms with Gasteiger partial charge in [-0.25, -0.2) is 0 Å². The van der Waals surface area contributed by atoms with Crippen LogP contribution in [0.3, 0.4) is 0 Å². The van der Waals surface area contributed by atoms with Gasteiger partial charge in [0.2, 0.25) is 0 Å².